The first-order valence-electron chi connectivity index (χ1n) is 10.1. The van der Waals surface area contributed by atoms with E-state index in [1.54, 1.807) is 42.5 Å². The van der Waals surface area contributed by atoms with Gasteiger partial charge in [-0.25, -0.2) is 9.18 Å². The van der Waals surface area contributed by atoms with Gasteiger partial charge in [0, 0.05) is 0 Å². The molecule has 1 saturated heterocycles. The molecule has 0 bridgehead atoms. The van der Waals surface area contributed by atoms with Crippen LogP contribution in [-0.4, -0.2) is 29.1 Å². The zero-order chi connectivity index (χ0) is 25.1. The van der Waals surface area contributed by atoms with Crippen molar-refractivity contribution >= 4 is 69.1 Å². The standard InChI is InChI=1S/C25H16ClFINO5S/c1-33-20-11-15(10-19(28)22(20)34-24(31)17-4-2-3-5-18(17)26)12-21-23(30)29(25(32)35-21)13-14-6-8-16(27)9-7-14/h2-12H,13H2,1H3/b21-12-. The smallest absolute Gasteiger partial charge is 0.345 e. The van der Waals surface area contributed by atoms with Crippen LogP contribution in [0.3, 0.4) is 0 Å². The van der Waals surface area contributed by atoms with Crippen LogP contribution in [0.4, 0.5) is 9.18 Å². The zero-order valence-corrected chi connectivity index (χ0v) is 21.8. The lowest BCUT2D eigenvalue weighted by atomic mass is 10.1. The summed E-state index contributed by atoms with van der Waals surface area (Å²) in [6.07, 6.45) is 1.57. The maximum Gasteiger partial charge on any atom is 0.345 e. The molecule has 0 aromatic heterocycles. The average molecular weight is 624 g/mol. The van der Waals surface area contributed by atoms with Crippen molar-refractivity contribution in [1.29, 1.82) is 0 Å². The minimum atomic E-state index is -0.638. The van der Waals surface area contributed by atoms with Gasteiger partial charge in [-0.3, -0.25) is 14.5 Å². The second-order valence-corrected chi connectivity index (χ2v) is 9.86. The summed E-state index contributed by atoms with van der Waals surface area (Å²) in [5.74, 6) is -1.00. The minimum Gasteiger partial charge on any atom is -0.493 e. The normalized spacial score (nSPS) is 14.5. The number of halogens is 3. The Kier molecular flexibility index (Phi) is 7.78. The van der Waals surface area contributed by atoms with Gasteiger partial charge < -0.3 is 9.47 Å². The lowest BCUT2D eigenvalue weighted by Crippen LogP contribution is -2.27. The number of benzene rings is 3. The molecule has 35 heavy (non-hydrogen) atoms. The van der Waals surface area contributed by atoms with Crippen molar-refractivity contribution in [2.24, 2.45) is 0 Å². The molecule has 10 heteroatoms. The molecule has 4 rings (SSSR count). The van der Waals surface area contributed by atoms with Crippen LogP contribution >= 0.6 is 46.0 Å². The van der Waals surface area contributed by atoms with Gasteiger partial charge in [0.2, 0.25) is 0 Å². The predicted molar refractivity (Wildman–Crippen MR) is 140 cm³/mol. The summed E-state index contributed by atoms with van der Waals surface area (Å²) in [7, 11) is 1.43. The van der Waals surface area contributed by atoms with Gasteiger partial charge in [0.15, 0.2) is 11.5 Å². The van der Waals surface area contributed by atoms with E-state index in [-0.39, 0.29) is 33.5 Å². The number of carbonyl (C=O) groups is 3. The average Bonchev–Trinajstić information content (AvgIpc) is 3.09. The van der Waals surface area contributed by atoms with Gasteiger partial charge in [-0.15, -0.1) is 0 Å². The number of carbonyl (C=O) groups excluding carboxylic acids is 3. The van der Waals surface area contributed by atoms with Crippen LogP contribution < -0.4 is 9.47 Å². The first kappa shape index (κ1) is 25.2. The summed E-state index contributed by atoms with van der Waals surface area (Å²) in [5, 5.41) is -0.156. The van der Waals surface area contributed by atoms with Crippen molar-refractivity contribution in [1.82, 2.24) is 4.90 Å². The van der Waals surface area contributed by atoms with Gasteiger partial charge in [-0.2, -0.15) is 0 Å². The summed E-state index contributed by atoms with van der Waals surface area (Å²) in [5.41, 5.74) is 1.43. The summed E-state index contributed by atoms with van der Waals surface area (Å²) in [6, 6.07) is 15.4. The number of esters is 1. The Bertz CT molecular complexity index is 1360. The topological polar surface area (TPSA) is 72.9 Å². The van der Waals surface area contributed by atoms with Crippen LogP contribution in [0, 0.1) is 9.39 Å². The van der Waals surface area contributed by atoms with Crippen LogP contribution in [-0.2, 0) is 11.3 Å². The fourth-order valence-corrected chi connectivity index (χ4v) is 5.04. The Morgan fingerprint density at radius 3 is 2.54 bits per heavy atom. The number of hydrogen-bond acceptors (Lipinski definition) is 6. The number of thioether (sulfide) groups is 1. The highest BCUT2D eigenvalue weighted by Gasteiger charge is 2.35. The lowest BCUT2D eigenvalue weighted by molar-refractivity contribution is -0.123. The third kappa shape index (κ3) is 5.68. The molecule has 2 amide bonds. The number of nitrogens with zero attached hydrogens (tertiary/aromatic N) is 1. The van der Waals surface area contributed by atoms with E-state index in [0.29, 0.717) is 14.7 Å². The molecule has 0 aliphatic carbocycles. The Morgan fingerprint density at radius 2 is 1.86 bits per heavy atom. The van der Waals surface area contributed by atoms with Crippen molar-refractivity contribution in [3.8, 4) is 11.5 Å². The molecule has 0 N–H and O–H groups in total. The van der Waals surface area contributed by atoms with E-state index in [1.807, 2.05) is 22.6 Å². The van der Waals surface area contributed by atoms with Crippen molar-refractivity contribution in [3.63, 3.8) is 0 Å². The van der Waals surface area contributed by atoms with Gasteiger partial charge in [0.1, 0.15) is 5.82 Å². The zero-order valence-electron chi connectivity index (χ0n) is 18.1. The first-order valence-corrected chi connectivity index (χ1v) is 12.4. The van der Waals surface area contributed by atoms with Crippen LogP contribution in [0.1, 0.15) is 21.5 Å². The Morgan fingerprint density at radius 1 is 1.14 bits per heavy atom. The molecule has 1 aliphatic heterocycles. The number of amides is 2. The van der Waals surface area contributed by atoms with Crippen molar-refractivity contribution in [3.05, 3.63) is 96.7 Å². The second-order valence-electron chi connectivity index (χ2n) is 7.30. The summed E-state index contributed by atoms with van der Waals surface area (Å²) in [4.78, 5) is 39.3. The molecule has 0 spiro atoms. The molecule has 0 unspecified atom stereocenters. The highest BCUT2D eigenvalue weighted by molar-refractivity contribution is 14.1. The van der Waals surface area contributed by atoms with Crippen molar-refractivity contribution < 1.29 is 28.2 Å². The molecule has 3 aromatic rings. The molecule has 0 atom stereocenters. The van der Waals surface area contributed by atoms with Crippen LogP contribution in [0.5, 0.6) is 11.5 Å². The summed E-state index contributed by atoms with van der Waals surface area (Å²) >= 11 is 8.90. The number of imide groups is 1. The third-order valence-electron chi connectivity index (χ3n) is 4.97. The summed E-state index contributed by atoms with van der Waals surface area (Å²) in [6.45, 7) is 0.0417. The highest BCUT2D eigenvalue weighted by atomic mass is 127. The molecule has 3 aromatic carbocycles. The predicted octanol–water partition coefficient (Wildman–Crippen LogP) is 6.55. The molecule has 1 heterocycles. The number of methoxy groups -OCH3 is 1. The van der Waals surface area contributed by atoms with Gasteiger partial charge >= 0.3 is 5.97 Å². The SMILES string of the molecule is COc1cc(/C=C2\SC(=O)N(Cc3ccc(F)cc3)C2=O)cc(I)c1OC(=O)c1ccccc1Cl. The van der Waals surface area contributed by atoms with E-state index >= 15 is 0 Å². The van der Waals surface area contributed by atoms with Gasteiger partial charge in [-0.05, 0) is 88.0 Å². The molecule has 0 saturated carbocycles. The molecular formula is C25H16ClFINO5S. The minimum absolute atomic E-state index is 0.0417. The van der Waals surface area contributed by atoms with Crippen molar-refractivity contribution in [2.75, 3.05) is 7.11 Å². The maximum atomic E-state index is 13.1. The maximum absolute atomic E-state index is 13.1. The van der Waals surface area contributed by atoms with E-state index < -0.39 is 22.9 Å². The van der Waals surface area contributed by atoms with Gasteiger partial charge in [-0.1, -0.05) is 35.9 Å². The number of ether oxygens (including phenoxy) is 2. The van der Waals surface area contributed by atoms with Crippen molar-refractivity contribution in [2.45, 2.75) is 6.54 Å². The van der Waals surface area contributed by atoms with E-state index in [9.17, 15) is 18.8 Å². The molecule has 178 valence electrons. The molecule has 6 nitrogen and oxygen atoms in total. The van der Waals surface area contributed by atoms with Gasteiger partial charge in [0.25, 0.3) is 11.1 Å². The number of hydrogen-bond donors (Lipinski definition) is 0. The fraction of sp³-hybridized carbons (Fsp3) is 0.0800. The van der Waals surface area contributed by atoms with E-state index in [0.717, 1.165) is 16.7 Å². The van der Waals surface area contributed by atoms with Crippen LogP contribution in [0.15, 0.2) is 65.6 Å². The van der Waals surface area contributed by atoms with Crippen LogP contribution in [0.25, 0.3) is 6.08 Å². The third-order valence-corrected chi connectivity index (χ3v) is 7.00. The van der Waals surface area contributed by atoms with Crippen LogP contribution in [0.2, 0.25) is 5.02 Å². The molecule has 1 fully saturated rings. The largest absolute Gasteiger partial charge is 0.493 e. The lowest BCUT2D eigenvalue weighted by Gasteiger charge is -2.13. The first-order chi connectivity index (χ1) is 16.8. The molecular weight excluding hydrogens is 608 g/mol. The molecule has 0 radical (unpaired) electrons. The monoisotopic (exact) mass is 623 g/mol. The quantitative estimate of drug-likeness (QED) is 0.134. The fourth-order valence-electron chi connectivity index (χ4n) is 3.26. The second kappa shape index (κ2) is 10.8. The summed E-state index contributed by atoms with van der Waals surface area (Å²) < 4.78 is 24.7. The van der Waals surface area contributed by atoms with E-state index in [4.69, 9.17) is 21.1 Å². The van der Waals surface area contributed by atoms with Gasteiger partial charge in [0.05, 0.1) is 32.7 Å². The Labute approximate surface area is 223 Å². The Balaban J connectivity index is 1.57. The highest BCUT2D eigenvalue weighted by Crippen LogP contribution is 2.38. The Hall–Kier alpha value is -2.89. The number of rotatable bonds is 6. The van der Waals surface area contributed by atoms with E-state index in [2.05, 4.69) is 0 Å². The van der Waals surface area contributed by atoms with E-state index in [1.165, 1.54) is 31.4 Å². The molecule has 1 aliphatic rings.